The normalized spacial score (nSPS) is 11.4. The summed E-state index contributed by atoms with van der Waals surface area (Å²) < 4.78 is 14.0. The zero-order chi connectivity index (χ0) is 14.9. The van der Waals surface area contributed by atoms with E-state index in [9.17, 15) is 9.18 Å². The first-order valence-electron chi connectivity index (χ1n) is 6.09. The summed E-state index contributed by atoms with van der Waals surface area (Å²) in [5.74, 6) is -1.05. The molecule has 1 aromatic heterocycles. The van der Waals surface area contributed by atoms with E-state index in [2.05, 4.69) is 10.3 Å². The SMILES string of the molecule is Cc1cc(N)cc(C(=O)NC(C)(C)c2nccs2)c1F. The van der Waals surface area contributed by atoms with Crippen LogP contribution in [0.15, 0.2) is 23.7 Å². The molecule has 2 rings (SSSR count). The zero-order valence-corrected chi connectivity index (χ0v) is 12.3. The Balaban J connectivity index is 2.29. The van der Waals surface area contributed by atoms with E-state index in [0.29, 0.717) is 11.3 Å². The topological polar surface area (TPSA) is 68.0 Å². The van der Waals surface area contributed by atoms with Crippen LogP contribution < -0.4 is 11.1 Å². The van der Waals surface area contributed by atoms with E-state index in [4.69, 9.17) is 5.73 Å². The lowest BCUT2D eigenvalue weighted by molar-refractivity contribution is 0.0907. The van der Waals surface area contributed by atoms with Crippen molar-refractivity contribution in [1.82, 2.24) is 10.3 Å². The first-order chi connectivity index (χ1) is 9.31. The van der Waals surface area contributed by atoms with Gasteiger partial charge < -0.3 is 11.1 Å². The number of carbonyl (C=O) groups excluding carboxylic acids is 1. The van der Waals surface area contributed by atoms with Crippen LogP contribution in [0.3, 0.4) is 0 Å². The maximum atomic E-state index is 14.0. The summed E-state index contributed by atoms with van der Waals surface area (Å²) in [6.07, 6.45) is 1.67. The number of hydrogen-bond acceptors (Lipinski definition) is 4. The molecule has 1 amide bonds. The molecule has 0 saturated heterocycles. The van der Waals surface area contributed by atoms with Crippen LogP contribution >= 0.6 is 11.3 Å². The number of hydrogen-bond donors (Lipinski definition) is 2. The van der Waals surface area contributed by atoms with Crippen molar-refractivity contribution in [2.24, 2.45) is 0 Å². The number of rotatable bonds is 3. The molecule has 20 heavy (non-hydrogen) atoms. The van der Waals surface area contributed by atoms with Crippen LogP contribution in [0.1, 0.15) is 34.8 Å². The monoisotopic (exact) mass is 293 g/mol. The fourth-order valence-corrected chi connectivity index (χ4v) is 2.62. The highest BCUT2D eigenvalue weighted by atomic mass is 32.1. The summed E-state index contributed by atoms with van der Waals surface area (Å²) in [5.41, 5.74) is 5.66. The van der Waals surface area contributed by atoms with Crippen LogP contribution in [0.5, 0.6) is 0 Å². The minimum absolute atomic E-state index is 0.0490. The van der Waals surface area contributed by atoms with E-state index in [-0.39, 0.29) is 5.56 Å². The molecule has 1 heterocycles. The highest BCUT2D eigenvalue weighted by molar-refractivity contribution is 7.09. The molecule has 0 aliphatic carbocycles. The molecular formula is C14H16FN3OS. The number of aromatic nitrogens is 1. The van der Waals surface area contributed by atoms with Crippen LogP contribution in [0.25, 0.3) is 0 Å². The second-order valence-electron chi connectivity index (χ2n) is 5.12. The number of aryl methyl sites for hydroxylation is 1. The third kappa shape index (κ3) is 2.80. The van der Waals surface area contributed by atoms with Crippen molar-refractivity contribution in [3.63, 3.8) is 0 Å². The fourth-order valence-electron chi connectivity index (χ4n) is 1.90. The molecule has 0 unspecified atom stereocenters. The molecule has 0 spiro atoms. The van der Waals surface area contributed by atoms with Crippen LogP contribution in [-0.2, 0) is 5.54 Å². The summed E-state index contributed by atoms with van der Waals surface area (Å²) in [5, 5.41) is 5.37. The third-order valence-electron chi connectivity index (χ3n) is 2.91. The lowest BCUT2D eigenvalue weighted by Crippen LogP contribution is -2.41. The molecule has 2 aromatic rings. The zero-order valence-electron chi connectivity index (χ0n) is 11.5. The van der Waals surface area contributed by atoms with Crippen molar-refractivity contribution in [1.29, 1.82) is 0 Å². The first kappa shape index (κ1) is 14.5. The smallest absolute Gasteiger partial charge is 0.255 e. The molecule has 4 nitrogen and oxygen atoms in total. The minimum Gasteiger partial charge on any atom is -0.399 e. The Bertz CT molecular complexity index is 638. The predicted molar refractivity (Wildman–Crippen MR) is 78.2 cm³/mol. The Hall–Kier alpha value is -1.95. The maximum absolute atomic E-state index is 14.0. The average Bonchev–Trinajstić information content (AvgIpc) is 2.87. The lowest BCUT2D eigenvalue weighted by Gasteiger charge is -2.24. The van der Waals surface area contributed by atoms with Crippen LogP contribution in [0.2, 0.25) is 0 Å². The molecule has 0 saturated carbocycles. The van der Waals surface area contributed by atoms with Gasteiger partial charge in [-0.05, 0) is 38.5 Å². The van der Waals surface area contributed by atoms with E-state index in [1.165, 1.54) is 23.5 Å². The number of nitrogens with one attached hydrogen (secondary N) is 1. The number of nitrogens with two attached hydrogens (primary N) is 1. The van der Waals surface area contributed by atoms with Gasteiger partial charge in [0.25, 0.3) is 5.91 Å². The molecule has 3 N–H and O–H groups in total. The second-order valence-corrected chi connectivity index (χ2v) is 6.01. The van der Waals surface area contributed by atoms with Gasteiger partial charge in [0, 0.05) is 17.3 Å². The molecule has 0 bridgehead atoms. The highest BCUT2D eigenvalue weighted by Gasteiger charge is 2.27. The third-order valence-corrected chi connectivity index (χ3v) is 4.01. The molecule has 0 fully saturated rings. The van der Waals surface area contributed by atoms with E-state index >= 15 is 0 Å². The average molecular weight is 293 g/mol. The molecule has 106 valence electrons. The Kier molecular flexibility index (Phi) is 3.76. The van der Waals surface area contributed by atoms with Gasteiger partial charge in [-0.3, -0.25) is 4.79 Å². The standard InChI is InChI=1S/C14H16FN3OS/c1-8-6-9(16)7-10(11(8)15)12(19)18-14(2,3)13-17-4-5-20-13/h4-7H,16H2,1-3H3,(H,18,19). The van der Waals surface area contributed by atoms with Gasteiger partial charge in [0.2, 0.25) is 0 Å². The van der Waals surface area contributed by atoms with Gasteiger partial charge in [0.1, 0.15) is 10.8 Å². The highest BCUT2D eigenvalue weighted by Crippen LogP contribution is 2.24. The van der Waals surface area contributed by atoms with Gasteiger partial charge in [-0.15, -0.1) is 11.3 Å². The van der Waals surface area contributed by atoms with Crippen molar-refractivity contribution < 1.29 is 9.18 Å². The number of halogens is 1. The van der Waals surface area contributed by atoms with E-state index in [1.807, 2.05) is 19.2 Å². The van der Waals surface area contributed by atoms with E-state index in [0.717, 1.165) is 5.01 Å². The number of thiazole rings is 1. The number of nitrogen functional groups attached to an aromatic ring is 1. The predicted octanol–water partition coefficient (Wildman–Crippen LogP) is 2.84. The van der Waals surface area contributed by atoms with Crippen molar-refractivity contribution >= 4 is 22.9 Å². The lowest BCUT2D eigenvalue weighted by atomic mass is 10.0. The molecule has 0 aliphatic heterocycles. The number of benzene rings is 1. The van der Waals surface area contributed by atoms with Gasteiger partial charge in [-0.25, -0.2) is 9.37 Å². The van der Waals surface area contributed by atoms with Crippen molar-refractivity contribution in [2.75, 3.05) is 5.73 Å². The van der Waals surface area contributed by atoms with Crippen LogP contribution in [-0.4, -0.2) is 10.9 Å². The van der Waals surface area contributed by atoms with E-state index < -0.39 is 17.3 Å². The second kappa shape index (κ2) is 5.20. The van der Waals surface area contributed by atoms with Crippen molar-refractivity contribution in [3.05, 3.63) is 45.7 Å². The van der Waals surface area contributed by atoms with Gasteiger partial charge in [0.05, 0.1) is 11.1 Å². The Morgan fingerprint density at radius 2 is 2.15 bits per heavy atom. The quantitative estimate of drug-likeness (QED) is 0.855. The molecular weight excluding hydrogens is 277 g/mol. The van der Waals surface area contributed by atoms with Crippen LogP contribution in [0.4, 0.5) is 10.1 Å². The number of nitrogens with zero attached hydrogens (tertiary/aromatic N) is 1. The molecule has 1 aromatic carbocycles. The van der Waals surface area contributed by atoms with Gasteiger partial charge in [0.15, 0.2) is 0 Å². The summed E-state index contributed by atoms with van der Waals surface area (Å²) in [6.45, 7) is 5.22. The van der Waals surface area contributed by atoms with Gasteiger partial charge in [-0.2, -0.15) is 0 Å². The molecule has 6 heteroatoms. The number of carbonyl (C=O) groups is 1. The van der Waals surface area contributed by atoms with Crippen LogP contribution in [0, 0.1) is 12.7 Å². The molecule has 0 radical (unpaired) electrons. The molecule has 0 atom stereocenters. The summed E-state index contributed by atoms with van der Waals surface area (Å²) in [4.78, 5) is 16.4. The summed E-state index contributed by atoms with van der Waals surface area (Å²) >= 11 is 1.43. The fraction of sp³-hybridized carbons (Fsp3) is 0.286. The number of anilines is 1. The Morgan fingerprint density at radius 1 is 1.45 bits per heavy atom. The molecule has 0 aliphatic rings. The summed E-state index contributed by atoms with van der Waals surface area (Å²) in [7, 11) is 0. The Morgan fingerprint density at radius 3 is 2.75 bits per heavy atom. The van der Waals surface area contributed by atoms with E-state index in [1.54, 1.807) is 13.1 Å². The first-order valence-corrected chi connectivity index (χ1v) is 6.97. The number of amides is 1. The van der Waals surface area contributed by atoms with Crippen molar-refractivity contribution in [3.8, 4) is 0 Å². The van der Waals surface area contributed by atoms with Gasteiger partial charge in [-0.1, -0.05) is 0 Å². The van der Waals surface area contributed by atoms with Gasteiger partial charge >= 0.3 is 0 Å². The summed E-state index contributed by atoms with van der Waals surface area (Å²) in [6, 6.07) is 2.84. The largest absolute Gasteiger partial charge is 0.399 e. The maximum Gasteiger partial charge on any atom is 0.255 e. The minimum atomic E-state index is -0.670. The Labute approximate surface area is 120 Å². The van der Waals surface area contributed by atoms with Crippen molar-refractivity contribution in [2.45, 2.75) is 26.3 Å².